The summed E-state index contributed by atoms with van der Waals surface area (Å²) in [6.45, 7) is 4.72. The van der Waals surface area contributed by atoms with E-state index in [4.69, 9.17) is 9.47 Å². The summed E-state index contributed by atoms with van der Waals surface area (Å²) in [5.41, 5.74) is 0.494. The van der Waals surface area contributed by atoms with Crippen molar-refractivity contribution >= 4 is 12.3 Å². The topological polar surface area (TPSA) is 52.6 Å². The number of fused-ring (bicyclic) bond motifs is 6. The molecule has 11 atom stereocenters. The van der Waals surface area contributed by atoms with E-state index in [1.165, 1.54) is 32.0 Å². The van der Waals surface area contributed by atoms with Crippen LogP contribution >= 0.6 is 0 Å². The monoisotopic (exact) mass is 386 g/mol. The molecule has 1 aliphatic heterocycles. The van der Waals surface area contributed by atoms with Crippen molar-refractivity contribution in [2.45, 2.75) is 77.4 Å². The van der Waals surface area contributed by atoms with Crippen molar-refractivity contribution in [1.29, 1.82) is 0 Å². The van der Waals surface area contributed by atoms with Gasteiger partial charge in [-0.25, -0.2) is 0 Å². The van der Waals surface area contributed by atoms with Crippen LogP contribution in [0.5, 0.6) is 0 Å². The maximum Gasteiger partial charge on any atom is 0.306 e. The van der Waals surface area contributed by atoms with E-state index in [0.29, 0.717) is 41.1 Å². The van der Waals surface area contributed by atoms with Crippen molar-refractivity contribution in [3.8, 4) is 0 Å². The molecule has 0 N–H and O–H groups in total. The predicted octanol–water partition coefficient (Wildman–Crippen LogP) is 4.01. The second kappa shape index (κ2) is 5.42. The summed E-state index contributed by atoms with van der Waals surface area (Å²) in [5.74, 6) is 2.87. The molecule has 0 aromatic heterocycles. The zero-order chi connectivity index (χ0) is 19.5. The number of aldehydes is 1. The highest BCUT2D eigenvalue weighted by molar-refractivity contribution is 5.72. The first-order valence-electron chi connectivity index (χ1n) is 11.6. The van der Waals surface area contributed by atoms with E-state index in [1.807, 2.05) is 7.11 Å². The van der Waals surface area contributed by atoms with Gasteiger partial charge in [0.15, 0.2) is 0 Å². The number of carbonyl (C=O) groups is 2. The summed E-state index contributed by atoms with van der Waals surface area (Å²) in [7, 11) is 1.90. The fourth-order valence-corrected chi connectivity index (χ4v) is 10.2. The van der Waals surface area contributed by atoms with Crippen LogP contribution in [0.4, 0.5) is 0 Å². The van der Waals surface area contributed by atoms with E-state index >= 15 is 0 Å². The van der Waals surface area contributed by atoms with Crippen molar-refractivity contribution in [3.05, 3.63) is 0 Å². The molecular weight excluding hydrogens is 352 g/mol. The van der Waals surface area contributed by atoms with Gasteiger partial charge in [-0.3, -0.25) is 4.79 Å². The minimum absolute atomic E-state index is 0.0489. The van der Waals surface area contributed by atoms with Crippen LogP contribution in [0.3, 0.4) is 0 Å². The first-order chi connectivity index (χ1) is 13.4. The first-order valence-corrected chi connectivity index (χ1v) is 11.6. The highest BCUT2D eigenvalue weighted by Gasteiger charge is 2.78. The molecule has 4 nitrogen and oxygen atoms in total. The number of carbonyl (C=O) groups excluding carboxylic acids is 2. The van der Waals surface area contributed by atoms with Crippen molar-refractivity contribution in [3.63, 3.8) is 0 Å². The molecule has 0 aromatic rings. The standard InChI is InChI=1S/C24H34O4/c1-13-8-20(26)28-18-10-17-15-9-19(27-3)24-11-14(24)4-6-22(24,2)16(15)5-7-23(17,12-25)21(13)18/h12-19,21H,4-11H2,1-3H3/t13-,14-,15-,16+,17+,18+,19-,21+,22-,23-,24+/m1/s1. The summed E-state index contributed by atoms with van der Waals surface area (Å²) in [6, 6.07) is 0. The first kappa shape index (κ1) is 17.9. The maximum absolute atomic E-state index is 12.7. The largest absolute Gasteiger partial charge is 0.462 e. The van der Waals surface area contributed by atoms with Crippen LogP contribution < -0.4 is 0 Å². The summed E-state index contributed by atoms with van der Waals surface area (Å²) in [5, 5.41) is 0. The molecule has 0 unspecified atom stereocenters. The van der Waals surface area contributed by atoms with E-state index in [0.717, 1.165) is 25.2 Å². The molecular formula is C24H34O4. The second-order valence-corrected chi connectivity index (χ2v) is 11.5. The average Bonchev–Trinajstić information content (AvgIpc) is 3.18. The number of rotatable bonds is 2. The Morgan fingerprint density at radius 3 is 2.71 bits per heavy atom. The predicted molar refractivity (Wildman–Crippen MR) is 103 cm³/mol. The third-order valence-corrected chi connectivity index (χ3v) is 11.1. The number of hydrogen-bond acceptors (Lipinski definition) is 4. The Kier molecular flexibility index (Phi) is 3.47. The zero-order valence-corrected chi connectivity index (χ0v) is 17.5. The number of esters is 1. The van der Waals surface area contributed by atoms with E-state index in [9.17, 15) is 9.59 Å². The maximum atomic E-state index is 12.7. The highest BCUT2D eigenvalue weighted by atomic mass is 16.5. The third-order valence-electron chi connectivity index (χ3n) is 11.1. The van der Waals surface area contributed by atoms with Crippen molar-refractivity contribution in [2.75, 3.05) is 7.11 Å². The van der Waals surface area contributed by atoms with E-state index in [-0.39, 0.29) is 29.3 Å². The SMILES string of the molecule is CO[C@@H]1C[C@H]2[C@@H]3C[C@@H]4OC(=O)C[C@@H](C)[C@@H]4[C@@]3(C=O)CC[C@@H]2[C@@]2(C)CC[C@@H]3C[C@]312. The van der Waals surface area contributed by atoms with Crippen LogP contribution in [0.25, 0.3) is 0 Å². The lowest BCUT2D eigenvalue weighted by molar-refractivity contribution is -0.173. The van der Waals surface area contributed by atoms with Crippen LogP contribution in [-0.2, 0) is 19.1 Å². The van der Waals surface area contributed by atoms with Gasteiger partial charge in [-0.05, 0) is 80.0 Å². The fraction of sp³-hybridized carbons (Fsp3) is 0.917. The highest BCUT2D eigenvalue weighted by Crippen LogP contribution is 2.82. The summed E-state index contributed by atoms with van der Waals surface area (Å²) >= 11 is 0. The van der Waals surface area contributed by atoms with Gasteiger partial charge in [-0.15, -0.1) is 0 Å². The van der Waals surface area contributed by atoms with E-state index < -0.39 is 0 Å². The smallest absolute Gasteiger partial charge is 0.306 e. The Balaban J connectivity index is 1.41. The van der Waals surface area contributed by atoms with Gasteiger partial charge in [0.2, 0.25) is 0 Å². The van der Waals surface area contributed by atoms with Gasteiger partial charge in [0.05, 0.1) is 6.10 Å². The molecule has 5 saturated carbocycles. The minimum Gasteiger partial charge on any atom is -0.462 e. The number of hydrogen-bond donors (Lipinski definition) is 0. The Bertz CT molecular complexity index is 734. The van der Waals surface area contributed by atoms with Crippen LogP contribution in [0.15, 0.2) is 0 Å². The van der Waals surface area contributed by atoms with Gasteiger partial charge in [0.25, 0.3) is 0 Å². The lowest BCUT2D eigenvalue weighted by Crippen LogP contribution is -2.58. The molecule has 0 aromatic carbocycles. The molecule has 0 radical (unpaired) electrons. The van der Waals surface area contributed by atoms with Crippen molar-refractivity contribution in [1.82, 2.24) is 0 Å². The molecule has 28 heavy (non-hydrogen) atoms. The van der Waals surface area contributed by atoms with Gasteiger partial charge in [-0.2, -0.15) is 0 Å². The Labute approximate surface area is 168 Å². The molecule has 6 aliphatic rings. The molecule has 0 amide bonds. The van der Waals surface area contributed by atoms with Gasteiger partial charge in [-0.1, -0.05) is 13.8 Å². The molecule has 6 rings (SSSR count). The van der Waals surface area contributed by atoms with Crippen molar-refractivity contribution < 1.29 is 19.1 Å². The van der Waals surface area contributed by atoms with Crippen LogP contribution in [0, 0.1) is 51.8 Å². The van der Waals surface area contributed by atoms with Crippen LogP contribution in [-0.4, -0.2) is 31.6 Å². The Hall–Kier alpha value is -0.900. The molecule has 1 heterocycles. The van der Waals surface area contributed by atoms with Gasteiger partial charge in [0, 0.05) is 30.3 Å². The van der Waals surface area contributed by atoms with Crippen LogP contribution in [0.1, 0.15) is 65.2 Å². The summed E-state index contributed by atoms with van der Waals surface area (Å²) in [4.78, 5) is 24.8. The molecule has 4 heteroatoms. The second-order valence-electron chi connectivity index (χ2n) is 11.5. The van der Waals surface area contributed by atoms with Gasteiger partial charge in [0.1, 0.15) is 12.4 Å². The quantitative estimate of drug-likeness (QED) is 0.531. The van der Waals surface area contributed by atoms with Gasteiger partial charge < -0.3 is 14.3 Å². The Morgan fingerprint density at radius 2 is 2.00 bits per heavy atom. The Morgan fingerprint density at radius 1 is 1.18 bits per heavy atom. The summed E-state index contributed by atoms with van der Waals surface area (Å²) < 4.78 is 12.0. The molecule has 0 bridgehead atoms. The molecule has 5 aliphatic carbocycles. The lowest BCUT2D eigenvalue weighted by atomic mass is 9.45. The number of methoxy groups -OCH3 is 1. The van der Waals surface area contributed by atoms with Gasteiger partial charge >= 0.3 is 5.97 Å². The summed E-state index contributed by atoms with van der Waals surface area (Å²) in [6.07, 6.45) is 10.3. The fourth-order valence-electron chi connectivity index (χ4n) is 10.2. The van der Waals surface area contributed by atoms with E-state index in [1.54, 1.807) is 0 Å². The van der Waals surface area contributed by atoms with Crippen molar-refractivity contribution in [2.24, 2.45) is 51.8 Å². The minimum atomic E-state index is -0.285. The van der Waals surface area contributed by atoms with Crippen LogP contribution in [0.2, 0.25) is 0 Å². The van der Waals surface area contributed by atoms with E-state index in [2.05, 4.69) is 13.8 Å². The molecule has 154 valence electrons. The third kappa shape index (κ3) is 1.80. The normalized spacial score (nSPS) is 61.3. The molecule has 1 saturated heterocycles. The number of ether oxygens (including phenoxy) is 2. The lowest BCUT2D eigenvalue weighted by Gasteiger charge is -2.60. The zero-order valence-electron chi connectivity index (χ0n) is 17.5. The average molecular weight is 387 g/mol. The molecule has 1 spiro atoms. The molecule has 6 fully saturated rings.